The van der Waals surface area contributed by atoms with Crippen LogP contribution in [-0.2, 0) is 9.47 Å². The maximum absolute atomic E-state index is 12.5. The number of imidazole rings is 1. The second-order valence-corrected chi connectivity index (χ2v) is 6.90. The molecule has 1 amide bonds. The second-order valence-electron chi connectivity index (χ2n) is 6.90. The number of carbonyl (C=O) groups is 1. The largest absolute Gasteiger partial charge is 0.376 e. The quantitative estimate of drug-likeness (QED) is 0.730. The highest BCUT2D eigenvalue weighted by Gasteiger charge is 2.43. The first kappa shape index (κ1) is 18.5. The van der Waals surface area contributed by atoms with Gasteiger partial charge in [0.1, 0.15) is 12.4 Å². The Labute approximate surface area is 162 Å². The van der Waals surface area contributed by atoms with Gasteiger partial charge in [-0.05, 0) is 18.6 Å². The van der Waals surface area contributed by atoms with Crippen LogP contribution in [0, 0.1) is 5.92 Å². The molecule has 1 aliphatic heterocycles. The number of methoxy groups -OCH3 is 1. The van der Waals surface area contributed by atoms with Crippen LogP contribution in [0.3, 0.4) is 0 Å². The first-order valence-corrected chi connectivity index (χ1v) is 9.36. The third-order valence-electron chi connectivity index (χ3n) is 5.28. The van der Waals surface area contributed by atoms with Crippen molar-refractivity contribution < 1.29 is 14.3 Å². The third-order valence-corrected chi connectivity index (χ3v) is 5.28. The topological polar surface area (TPSA) is 91.2 Å². The van der Waals surface area contributed by atoms with E-state index in [2.05, 4.69) is 34.1 Å². The molecule has 0 saturated carbocycles. The summed E-state index contributed by atoms with van der Waals surface area (Å²) in [5.74, 6) is 0.364. The normalized spacial score (nSPS) is 24.5. The van der Waals surface area contributed by atoms with Gasteiger partial charge in [-0.3, -0.25) is 9.36 Å². The molecule has 8 heteroatoms. The van der Waals surface area contributed by atoms with Gasteiger partial charge in [0.05, 0.1) is 12.4 Å². The molecule has 0 aliphatic carbocycles. The van der Waals surface area contributed by atoms with Crippen LogP contribution in [0.5, 0.6) is 0 Å². The second kappa shape index (κ2) is 7.65. The van der Waals surface area contributed by atoms with Crippen LogP contribution >= 0.6 is 0 Å². The molecule has 3 aromatic rings. The summed E-state index contributed by atoms with van der Waals surface area (Å²) >= 11 is 0. The van der Waals surface area contributed by atoms with Crippen LogP contribution in [0.25, 0.3) is 11.2 Å². The molecule has 1 N–H and O–H groups in total. The van der Waals surface area contributed by atoms with Gasteiger partial charge in [0.25, 0.3) is 5.91 Å². The number of nitrogens with one attached hydrogen (secondary N) is 1. The van der Waals surface area contributed by atoms with Gasteiger partial charge in [-0.2, -0.15) is 0 Å². The number of amides is 1. The zero-order valence-electron chi connectivity index (χ0n) is 16.1. The minimum atomic E-state index is -0.331. The lowest BCUT2D eigenvalue weighted by molar-refractivity contribution is -0.0484. The molecule has 28 heavy (non-hydrogen) atoms. The zero-order valence-corrected chi connectivity index (χ0v) is 16.1. The van der Waals surface area contributed by atoms with Gasteiger partial charge in [-0.1, -0.05) is 32.0 Å². The van der Waals surface area contributed by atoms with Crippen LogP contribution in [-0.4, -0.2) is 44.7 Å². The Morgan fingerprint density at radius 3 is 2.75 bits per heavy atom. The molecule has 4 rings (SSSR count). The number of hydrogen-bond acceptors (Lipinski definition) is 6. The highest BCUT2D eigenvalue weighted by atomic mass is 16.6. The van der Waals surface area contributed by atoms with Crippen molar-refractivity contribution in [3.8, 4) is 0 Å². The zero-order chi connectivity index (χ0) is 19.7. The Morgan fingerprint density at radius 1 is 1.25 bits per heavy atom. The molecule has 1 saturated heterocycles. The Bertz CT molecular complexity index is 974. The molecular weight excluding hydrogens is 358 g/mol. The maximum atomic E-state index is 12.5. The predicted octanol–water partition coefficient (Wildman–Crippen LogP) is 3.04. The van der Waals surface area contributed by atoms with Crippen molar-refractivity contribution in [2.75, 3.05) is 12.4 Å². The van der Waals surface area contributed by atoms with Gasteiger partial charge in [0.15, 0.2) is 23.2 Å². The van der Waals surface area contributed by atoms with Crippen LogP contribution in [0.15, 0.2) is 43.0 Å². The number of hydrogen-bond donors (Lipinski definition) is 1. The average Bonchev–Trinajstić information content (AvgIpc) is 3.29. The molecule has 1 aliphatic rings. The summed E-state index contributed by atoms with van der Waals surface area (Å²) in [6.07, 6.45) is 3.64. The van der Waals surface area contributed by atoms with Crippen LogP contribution < -0.4 is 5.32 Å². The molecule has 146 valence electrons. The molecular formula is C20H23N5O3. The van der Waals surface area contributed by atoms with E-state index in [9.17, 15) is 4.79 Å². The number of fused-ring (bicyclic) bond motifs is 1. The molecule has 4 atom stereocenters. The fourth-order valence-electron chi connectivity index (χ4n) is 3.77. The van der Waals surface area contributed by atoms with Crippen molar-refractivity contribution in [3.63, 3.8) is 0 Å². The molecule has 3 heterocycles. The average molecular weight is 381 g/mol. The van der Waals surface area contributed by atoms with E-state index >= 15 is 0 Å². The summed E-state index contributed by atoms with van der Waals surface area (Å²) in [4.78, 5) is 25.5. The highest BCUT2D eigenvalue weighted by Crippen LogP contribution is 2.38. The number of carbonyl (C=O) groups excluding carboxylic acids is 1. The first-order chi connectivity index (χ1) is 13.6. The van der Waals surface area contributed by atoms with Gasteiger partial charge in [0.2, 0.25) is 0 Å². The molecule has 2 aromatic heterocycles. The van der Waals surface area contributed by atoms with Gasteiger partial charge >= 0.3 is 0 Å². The first-order valence-electron chi connectivity index (χ1n) is 9.36. The number of rotatable bonds is 5. The minimum Gasteiger partial charge on any atom is -0.376 e. The fraction of sp³-hybridized carbons (Fsp3) is 0.400. The highest BCUT2D eigenvalue weighted by molar-refractivity contribution is 6.06. The van der Waals surface area contributed by atoms with E-state index in [1.54, 1.807) is 25.6 Å². The smallest absolute Gasteiger partial charge is 0.256 e. The lowest BCUT2D eigenvalue weighted by Crippen LogP contribution is -2.26. The molecule has 0 unspecified atom stereocenters. The van der Waals surface area contributed by atoms with Crippen molar-refractivity contribution in [1.29, 1.82) is 0 Å². The van der Waals surface area contributed by atoms with E-state index in [0.717, 1.165) is 6.42 Å². The Balaban J connectivity index is 1.66. The number of ether oxygens (including phenoxy) is 2. The number of nitrogens with zero attached hydrogens (tertiary/aromatic N) is 4. The van der Waals surface area contributed by atoms with E-state index in [0.29, 0.717) is 22.5 Å². The van der Waals surface area contributed by atoms with Crippen LogP contribution in [0.2, 0.25) is 0 Å². The van der Waals surface area contributed by atoms with Crippen molar-refractivity contribution in [2.45, 2.75) is 38.7 Å². The van der Waals surface area contributed by atoms with Gasteiger partial charge < -0.3 is 14.8 Å². The lowest BCUT2D eigenvalue weighted by Gasteiger charge is -2.20. The Kier molecular flexibility index (Phi) is 5.06. The molecule has 0 bridgehead atoms. The minimum absolute atomic E-state index is 0.103. The summed E-state index contributed by atoms with van der Waals surface area (Å²) in [5.41, 5.74) is 1.65. The van der Waals surface area contributed by atoms with Gasteiger partial charge in [-0.15, -0.1) is 0 Å². The maximum Gasteiger partial charge on any atom is 0.256 e. The molecule has 1 aromatic carbocycles. The molecule has 1 fully saturated rings. The standard InChI is InChI=1S/C20H23N5O3/c1-4-14-12(2)16(27-3)20(28-14)25-11-23-15-17(21-10-22-18(15)25)24-19(26)13-8-6-5-7-9-13/h5-12,14,16,20H,4H2,1-3H3,(H,21,22,24,26)/t12-,14-,16-,20-/m1/s1. The summed E-state index contributed by atoms with van der Waals surface area (Å²) in [6.45, 7) is 4.23. The fourth-order valence-corrected chi connectivity index (χ4v) is 3.77. The summed E-state index contributed by atoms with van der Waals surface area (Å²) in [5, 5.41) is 2.82. The van der Waals surface area contributed by atoms with E-state index < -0.39 is 0 Å². The van der Waals surface area contributed by atoms with E-state index in [-0.39, 0.29) is 30.3 Å². The lowest BCUT2D eigenvalue weighted by atomic mass is 9.98. The molecule has 8 nitrogen and oxygen atoms in total. The van der Waals surface area contributed by atoms with E-state index in [1.807, 2.05) is 22.8 Å². The number of aromatic nitrogens is 4. The van der Waals surface area contributed by atoms with E-state index in [4.69, 9.17) is 9.47 Å². The summed E-state index contributed by atoms with van der Waals surface area (Å²) in [6, 6.07) is 8.97. The van der Waals surface area contributed by atoms with Crippen molar-refractivity contribution >= 4 is 22.9 Å². The van der Waals surface area contributed by atoms with Crippen molar-refractivity contribution in [1.82, 2.24) is 19.5 Å². The SMILES string of the molecule is CC[C@H]1O[C@@H](n2cnc3c(NC(=O)c4ccccc4)ncnc32)[C@H](OC)[C@@H]1C. The Hall–Kier alpha value is -2.84. The third kappa shape index (κ3) is 3.14. The summed E-state index contributed by atoms with van der Waals surface area (Å²) in [7, 11) is 1.69. The van der Waals surface area contributed by atoms with Gasteiger partial charge in [0, 0.05) is 18.6 Å². The number of anilines is 1. The van der Waals surface area contributed by atoms with Gasteiger partial charge in [-0.25, -0.2) is 15.0 Å². The number of benzene rings is 1. The Morgan fingerprint density at radius 2 is 2.04 bits per heavy atom. The van der Waals surface area contributed by atoms with Crippen LogP contribution in [0.1, 0.15) is 36.9 Å². The molecule has 0 radical (unpaired) electrons. The van der Waals surface area contributed by atoms with E-state index in [1.165, 1.54) is 6.33 Å². The summed E-state index contributed by atoms with van der Waals surface area (Å²) < 4.78 is 13.8. The van der Waals surface area contributed by atoms with Crippen molar-refractivity contribution in [3.05, 3.63) is 48.5 Å². The van der Waals surface area contributed by atoms with Crippen LogP contribution in [0.4, 0.5) is 5.82 Å². The molecule has 0 spiro atoms. The van der Waals surface area contributed by atoms with Crippen molar-refractivity contribution in [2.24, 2.45) is 5.92 Å². The predicted molar refractivity (Wildman–Crippen MR) is 104 cm³/mol. The monoisotopic (exact) mass is 381 g/mol.